The molecule has 1 N–H and O–H groups in total. The molecule has 0 spiro atoms. The Morgan fingerprint density at radius 1 is 1.35 bits per heavy atom. The van der Waals surface area contributed by atoms with Gasteiger partial charge in [0.25, 0.3) is 0 Å². The monoisotopic (exact) mass is 332 g/mol. The van der Waals surface area contributed by atoms with Gasteiger partial charge in [-0.25, -0.2) is 4.79 Å². The molecule has 0 saturated heterocycles. The van der Waals surface area contributed by atoms with Crippen molar-refractivity contribution in [2.75, 3.05) is 0 Å². The molecule has 5 nitrogen and oxygen atoms in total. The minimum Gasteiger partial charge on any atom is -0.477 e. The molecule has 3 rings (SSSR count). The molecule has 6 heteroatoms. The van der Waals surface area contributed by atoms with E-state index in [-0.39, 0.29) is 11.3 Å². The van der Waals surface area contributed by atoms with Gasteiger partial charge in [0.1, 0.15) is 17.0 Å². The van der Waals surface area contributed by atoms with E-state index >= 15 is 0 Å². The van der Waals surface area contributed by atoms with Gasteiger partial charge in [0, 0.05) is 21.6 Å². The van der Waals surface area contributed by atoms with Gasteiger partial charge < -0.3 is 9.63 Å². The summed E-state index contributed by atoms with van der Waals surface area (Å²) in [5.41, 5.74) is 1.68. The Morgan fingerprint density at radius 3 is 2.90 bits per heavy atom. The molecule has 0 aliphatic carbocycles. The Hall–Kier alpha value is -2.21. The van der Waals surface area contributed by atoms with E-state index in [1.165, 1.54) is 0 Å². The molecule has 0 fully saturated rings. The maximum absolute atomic E-state index is 11.4. The highest BCUT2D eigenvalue weighted by Gasteiger charge is 2.22. The first-order chi connectivity index (χ1) is 9.59. The number of hydrogen-bond acceptors (Lipinski definition) is 4. The van der Waals surface area contributed by atoms with Crippen LogP contribution in [0, 0.1) is 6.92 Å². The minimum atomic E-state index is -1.06. The van der Waals surface area contributed by atoms with Crippen LogP contribution < -0.4 is 0 Å². The second kappa shape index (κ2) is 4.72. The lowest BCUT2D eigenvalue weighted by molar-refractivity contribution is 0.0696. The van der Waals surface area contributed by atoms with Crippen LogP contribution >= 0.6 is 15.9 Å². The van der Waals surface area contributed by atoms with E-state index in [9.17, 15) is 9.90 Å². The lowest BCUT2D eigenvalue weighted by atomic mass is 10.0. The number of carboxylic acids is 1. The number of carbonyl (C=O) groups is 1. The number of carboxylic acid groups (broad SMARTS) is 1. The van der Waals surface area contributed by atoms with Crippen LogP contribution in [0.3, 0.4) is 0 Å². The summed E-state index contributed by atoms with van der Waals surface area (Å²) in [6, 6.07) is 7.35. The zero-order chi connectivity index (χ0) is 14.3. The van der Waals surface area contributed by atoms with Crippen molar-refractivity contribution in [3.8, 4) is 11.3 Å². The Morgan fingerprint density at radius 2 is 2.15 bits per heavy atom. The van der Waals surface area contributed by atoms with Gasteiger partial charge in [-0.05, 0) is 25.1 Å². The standard InChI is InChI=1S/C14H9BrN2O3/c1-7-11(14(18)19)13(17-20-7)9-4-5-10(15)8-3-2-6-16-12(8)9/h2-6H,1H3,(H,18,19). The van der Waals surface area contributed by atoms with Crippen molar-refractivity contribution in [2.45, 2.75) is 6.92 Å². The maximum Gasteiger partial charge on any atom is 0.341 e. The number of benzene rings is 1. The third kappa shape index (κ3) is 1.89. The summed E-state index contributed by atoms with van der Waals surface area (Å²) in [4.78, 5) is 15.7. The Kier molecular flexibility index (Phi) is 3.02. The molecule has 0 bridgehead atoms. The zero-order valence-electron chi connectivity index (χ0n) is 10.4. The Labute approximate surface area is 122 Å². The summed E-state index contributed by atoms with van der Waals surface area (Å²) in [5.74, 6) is -0.787. The van der Waals surface area contributed by atoms with Crippen LogP contribution in [-0.4, -0.2) is 21.2 Å². The first-order valence-corrected chi connectivity index (χ1v) is 6.62. The average Bonchev–Trinajstić information content (AvgIpc) is 2.81. The third-order valence-corrected chi connectivity index (χ3v) is 3.74. The van der Waals surface area contributed by atoms with Gasteiger partial charge in [0.05, 0.1) is 5.52 Å². The van der Waals surface area contributed by atoms with E-state index in [1.54, 1.807) is 19.2 Å². The molecule has 0 aliphatic heterocycles. The fraction of sp³-hybridized carbons (Fsp3) is 0.0714. The maximum atomic E-state index is 11.4. The van der Waals surface area contributed by atoms with Gasteiger partial charge in [-0.15, -0.1) is 0 Å². The van der Waals surface area contributed by atoms with Crippen LogP contribution in [-0.2, 0) is 0 Å². The SMILES string of the molecule is Cc1onc(-c2ccc(Br)c3cccnc23)c1C(=O)O. The van der Waals surface area contributed by atoms with E-state index in [1.807, 2.05) is 18.2 Å². The summed E-state index contributed by atoms with van der Waals surface area (Å²) in [6.07, 6.45) is 1.66. The number of fused-ring (bicyclic) bond motifs is 1. The van der Waals surface area contributed by atoms with Gasteiger partial charge >= 0.3 is 5.97 Å². The molecule has 100 valence electrons. The molecule has 0 saturated carbocycles. The summed E-state index contributed by atoms with van der Waals surface area (Å²) >= 11 is 3.46. The summed E-state index contributed by atoms with van der Waals surface area (Å²) in [5, 5.41) is 14.1. The second-order valence-electron chi connectivity index (χ2n) is 4.26. The van der Waals surface area contributed by atoms with Crippen molar-refractivity contribution in [1.82, 2.24) is 10.1 Å². The topological polar surface area (TPSA) is 76.2 Å². The van der Waals surface area contributed by atoms with E-state index in [2.05, 4.69) is 26.1 Å². The number of aryl methyl sites for hydroxylation is 1. The van der Waals surface area contributed by atoms with Crippen LogP contribution in [0.2, 0.25) is 0 Å². The quantitative estimate of drug-likeness (QED) is 0.774. The smallest absolute Gasteiger partial charge is 0.341 e. The number of aromatic nitrogens is 2. The van der Waals surface area contributed by atoms with E-state index < -0.39 is 5.97 Å². The van der Waals surface area contributed by atoms with E-state index in [0.717, 1.165) is 9.86 Å². The van der Waals surface area contributed by atoms with Gasteiger partial charge in [-0.1, -0.05) is 27.2 Å². The molecule has 2 heterocycles. The highest BCUT2D eigenvalue weighted by Crippen LogP contribution is 2.33. The largest absolute Gasteiger partial charge is 0.477 e. The Balaban J connectivity index is 2.37. The molecule has 1 aromatic carbocycles. The minimum absolute atomic E-state index is 0.0688. The molecule has 0 amide bonds. The van der Waals surface area contributed by atoms with Crippen LogP contribution in [0.4, 0.5) is 0 Å². The van der Waals surface area contributed by atoms with Gasteiger partial charge in [-0.2, -0.15) is 0 Å². The van der Waals surface area contributed by atoms with Crippen LogP contribution in [0.15, 0.2) is 39.5 Å². The van der Waals surface area contributed by atoms with Crippen LogP contribution in [0.25, 0.3) is 22.2 Å². The zero-order valence-corrected chi connectivity index (χ0v) is 12.0. The molecule has 2 aromatic heterocycles. The molecule has 3 aromatic rings. The van der Waals surface area contributed by atoms with Gasteiger partial charge in [-0.3, -0.25) is 4.98 Å². The predicted molar refractivity (Wildman–Crippen MR) is 76.6 cm³/mol. The molecule has 20 heavy (non-hydrogen) atoms. The number of halogens is 1. The van der Waals surface area contributed by atoms with E-state index in [0.29, 0.717) is 16.8 Å². The summed E-state index contributed by atoms with van der Waals surface area (Å²) in [6.45, 7) is 1.58. The highest BCUT2D eigenvalue weighted by atomic mass is 79.9. The number of aromatic carboxylic acids is 1. The van der Waals surface area contributed by atoms with Crippen molar-refractivity contribution in [1.29, 1.82) is 0 Å². The van der Waals surface area contributed by atoms with Crippen LogP contribution in [0.5, 0.6) is 0 Å². The number of pyridine rings is 1. The lowest BCUT2D eigenvalue weighted by Crippen LogP contribution is -2.00. The average molecular weight is 333 g/mol. The number of rotatable bonds is 2. The van der Waals surface area contributed by atoms with Gasteiger partial charge in [0.15, 0.2) is 0 Å². The van der Waals surface area contributed by atoms with E-state index in [4.69, 9.17) is 4.52 Å². The summed E-state index contributed by atoms with van der Waals surface area (Å²) in [7, 11) is 0. The van der Waals surface area contributed by atoms with Crippen molar-refractivity contribution >= 4 is 32.8 Å². The fourth-order valence-electron chi connectivity index (χ4n) is 2.14. The molecule has 0 radical (unpaired) electrons. The highest BCUT2D eigenvalue weighted by molar-refractivity contribution is 9.10. The predicted octanol–water partition coefficient (Wildman–Crippen LogP) is 3.66. The first kappa shape index (κ1) is 12.8. The number of hydrogen-bond donors (Lipinski definition) is 1. The van der Waals surface area contributed by atoms with Crippen molar-refractivity contribution in [3.63, 3.8) is 0 Å². The fourth-order valence-corrected chi connectivity index (χ4v) is 2.59. The third-order valence-electron chi connectivity index (χ3n) is 3.05. The Bertz CT molecular complexity index is 826. The molecule has 0 aliphatic rings. The normalized spacial score (nSPS) is 10.9. The molecule has 0 unspecified atom stereocenters. The summed E-state index contributed by atoms with van der Waals surface area (Å²) < 4.78 is 5.91. The second-order valence-corrected chi connectivity index (χ2v) is 5.12. The number of nitrogens with zero attached hydrogens (tertiary/aromatic N) is 2. The lowest BCUT2D eigenvalue weighted by Gasteiger charge is -2.05. The van der Waals surface area contributed by atoms with Crippen LogP contribution in [0.1, 0.15) is 16.1 Å². The molecule has 0 atom stereocenters. The van der Waals surface area contributed by atoms with Crippen molar-refractivity contribution in [2.24, 2.45) is 0 Å². The van der Waals surface area contributed by atoms with Crippen molar-refractivity contribution in [3.05, 3.63) is 46.3 Å². The molecular formula is C14H9BrN2O3. The van der Waals surface area contributed by atoms with Crippen molar-refractivity contribution < 1.29 is 14.4 Å². The first-order valence-electron chi connectivity index (χ1n) is 5.82. The molecular weight excluding hydrogens is 324 g/mol. The van der Waals surface area contributed by atoms with Gasteiger partial charge in [0.2, 0.25) is 0 Å².